The van der Waals surface area contributed by atoms with Gasteiger partial charge in [-0.05, 0) is 18.1 Å². The molecule has 0 aliphatic rings. The van der Waals surface area contributed by atoms with Gasteiger partial charge in [-0.15, -0.1) is 6.58 Å². The smallest absolute Gasteiger partial charge is 0.240 e. The van der Waals surface area contributed by atoms with Gasteiger partial charge < -0.3 is 10.6 Å². The van der Waals surface area contributed by atoms with Gasteiger partial charge in [-0.2, -0.15) is 5.26 Å². The van der Waals surface area contributed by atoms with Crippen molar-refractivity contribution in [2.45, 2.75) is 25.4 Å². The minimum atomic E-state index is -0.604. The third-order valence-corrected chi connectivity index (χ3v) is 2.64. The van der Waals surface area contributed by atoms with Crippen LogP contribution in [0.2, 0.25) is 0 Å². The zero-order valence-corrected chi connectivity index (χ0v) is 10.8. The number of hydrogen-bond acceptors (Lipinski definition) is 4. The lowest BCUT2D eigenvalue weighted by molar-refractivity contribution is -0.133. The first-order chi connectivity index (χ1) is 9.19. The molecule has 0 aromatic carbocycles. The molecule has 5 heteroatoms. The van der Waals surface area contributed by atoms with Crippen LogP contribution >= 0.6 is 0 Å². The average molecular weight is 258 g/mol. The predicted molar refractivity (Wildman–Crippen MR) is 72.7 cm³/mol. The molecule has 0 radical (unpaired) electrons. The van der Waals surface area contributed by atoms with E-state index in [2.05, 4.69) is 11.6 Å². The molecule has 1 aromatic rings. The van der Waals surface area contributed by atoms with Gasteiger partial charge in [-0.25, -0.2) is 0 Å². The molecule has 0 fully saturated rings. The Morgan fingerprint density at radius 1 is 1.68 bits per heavy atom. The number of carbonyl (C=O) groups excluding carboxylic acids is 1. The van der Waals surface area contributed by atoms with Crippen LogP contribution in [0.15, 0.2) is 37.2 Å². The Morgan fingerprint density at radius 2 is 2.47 bits per heavy atom. The lowest BCUT2D eigenvalue weighted by Crippen LogP contribution is -2.43. The fraction of sp³-hybridized carbons (Fsp3) is 0.357. The molecule has 0 saturated carbocycles. The normalized spacial score (nSPS) is 11.4. The minimum absolute atomic E-state index is 0.168. The van der Waals surface area contributed by atoms with Crippen molar-refractivity contribution >= 4 is 5.91 Å². The minimum Gasteiger partial charge on any atom is -0.336 e. The van der Waals surface area contributed by atoms with Gasteiger partial charge in [0.2, 0.25) is 5.91 Å². The molecule has 1 heterocycles. The van der Waals surface area contributed by atoms with E-state index < -0.39 is 6.04 Å². The Hall–Kier alpha value is -2.19. The van der Waals surface area contributed by atoms with E-state index in [1.54, 1.807) is 23.4 Å². The van der Waals surface area contributed by atoms with Gasteiger partial charge >= 0.3 is 0 Å². The summed E-state index contributed by atoms with van der Waals surface area (Å²) in [5, 5.41) is 8.66. The largest absolute Gasteiger partial charge is 0.336 e. The van der Waals surface area contributed by atoms with Crippen LogP contribution in [0.1, 0.15) is 18.4 Å². The van der Waals surface area contributed by atoms with Crippen molar-refractivity contribution in [1.29, 1.82) is 5.26 Å². The second-order valence-electron chi connectivity index (χ2n) is 4.16. The maximum atomic E-state index is 12.2. The van der Waals surface area contributed by atoms with E-state index in [-0.39, 0.29) is 12.3 Å². The first-order valence-corrected chi connectivity index (χ1v) is 6.10. The van der Waals surface area contributed by atoms with Crippen LogP contribution in [0.25, 0.3) is 0 Å². The summed E-state index contributed by atoms with van der Waals surface area (Å²) in [5.41, 5.74) is 6.71. The second-order valence-corrected chi connectivity index (χ2v) is 4.16. The Kier molecular flexibility index (Phi) is 6.27. The van der Waals surface area contributed by atoms with Crippen molar-refractivity contribution in [1.82, 2.24) is 9.88 Å². The number of rotatable bonds is 7. The highest BCUT2D eigenvalue weighted by atomic mass is 16.2. The molecule has 0 spiro atoms. The highest BCUT2D eigenvalue weighted by molar-refractivity contribution is 5.81. The Labute approximate surface area is 113 Å². The first-order valence-electron chi connectivity index (χ1n) is 6.10. The zero-order valence-electron chi connectivity index (χ0n) is 10.8. The summed E-state index contributed by atoms with van der Waals surface area (Å²) in [6.07, 6.45) is 5.71. The van der Waals surface area contributed by atoms with Crippen LogP contribution in [-0.4, -0.2) is 28.4 Å². The molecule has 1 rings (SSSR count). The number of aromatic nitrogens is 1. The summed E-state index contributed by atoms with van der Waals surface area (Å²) < 4.78 is 0. The Morgan fingerprint density at radius 3 is 3.05 bits per heavy atom. The number of nitrogens with two attached hydrogens (primary N) is 1. The quantitative estimate of drug-likeness (QED) is 0.745. The van der Waals surface area contributed by atoms with Crippen LogP contribution in [0, 0.1) is 11.3 Å². The van der Waals surface area contributed by atoms with Crippen molar-refractivity contribution < 1.29 is 4.79 Å². The van der Waals surface area contributed by atoms with E-state index in [4.69, 9.17) is 11.0 Å². The summed E-state index contributed by atoms with van der Waals surface area (Å²) in [4.78, 5) is 17.8. The monoisotopic (exact) mass is 258 g/mol. The van der Waals surface area contributed by atoms with Gasteiger partial charge in [0.05, 0.1) is 18.5 Å². The molecule has 0 bridgehead atoms. The van der Waals surface area contributed by atoms with Crippen LogP contribution < -0.4 is 5.73 Å². The van der Waals surface area contributed by atoms with E-state index in [1.807, 2.05) is 18.2 Å². The zero-order chi connectivity index (χ0) is 14.1. The van der Waals surface area contributed by atoms with Crippen molar-refractivity contribution in [3.63, 3.8) is 0 Å². The van der Waals surface area contributed by atoms with Crippen LogP contribution in [0.5, 0.6) is 0 Å². The number of amides is 1. The van der Waals surface area contributed by atoms with Gasteiger partial charge in [-0.3, -0.25) is 9.78 Å². The lowest BCUT2D eigenvalue weighted by atomic mass is 10.1. The lowest BCUT2D eigenvalue weighted by Gasteiger charge is -2.24. The summed E-state index contributed by atoms with van der Waals surface area (Å²) in [6.45, 7) is 4.36. The summed E-state index contributed by atoms with van der Waals surface area (Å²) in [7, 11) is 0. The predicted octanol–water partition coefficient (Wildman–Crippen LogP) is 1.23. The summed E-state index contributed by atoms with van der Waals surface area (Å²) >= 11 is 0. The number of hydrogen-bond donors (Lipinski definition) is 1. The van der Waals surface area contributed by atoms with Gasteiger partial charge in [0.15, 0.2) is 0 Å². The van der Waals surface area contributed by atoms with E-state index in [0.29, 0.717) is 19.5 Å². The van der Waals surface area contributed by atoms with Crippen LogP contribution in [0.3, 0.4) is 0 Å². The van der Waals surface area contributed by atoms with E-state index in [9.17, 15) is 4.79 Å². The molecule has 0 aliphatic carbocycles. The third kappa shape index (κ3) is 4.90. The number of nitrogens with zero attached hydrogens (tertiary/aromatic N) is 3. The van der Waals surface area contributed by atoms with E-state index in [0.717, 1.165) is 5.56 Å². The molecule has 1 unspecified atom stereocenters. The first kappa shape index (κ1) is 14.9. The molecule has 1 aromatic heterocycles. The van der Waals surface area contributed by atoms with Gasteiger partial charge in [0.25, 0.3) is 0 Å². The maximum absolute atomic E-state index is 12.2. The third-order valence-electron chi connectivity index (χ3n) is 2.64. The molecule has 19 heavy (non-hydrogen) atoms. The van der Waals surface area contributed by atoms with Crippen LogP contribution in [0.4, 0.5) is 0 Å². The summed E-state index contributed by atoms with van der Waals surface area (Å²) in [5.74, 6) is -0.168. The standard InChI is InChI=1S/C14H18N4O/c1-2-5-13(16)14(19)18(9-4-7-15)11-12-6-3-8-17-10-12/h2-3,6,8,10,13H,1,4-5,9,11,16H2. The van der Waals surface area contributed by atoms with Crippen molar-refractivity contribution in [2.75, 3.05) is 6.54 Å². The fourth-order valence-corrected chi connectivity index (χ4v) is 1.68. The van der Waals surface area contributed by atoms with Gasteiger partial charge in [0, 0.05) is 25.5 Å². The fourth-order valence-electron chi connectivity index (χ4n) is 1.68. The summed E-state index contributed by atoms with van der Waals surface area (Å²) in [6, 6.07) is 5.13. The van der Waals surface area contributed by atoms with Crippen molar-refractivity contribution in [3.05, 3.63) is 42.7 Å². The maximum Gasteiger partial charge on any atom is 0.240 e. The Bertz CT molecular complexity index is 452. The highest BCUT2D eigenvalue weighted by Crippen LogP contribution is 2.07. The molecule has 5 nitrogen and oxygen atoms in total. The molecule has 0 saturated heterocycles. The second kappa shape index (κ2) is 8.01. The number of carbonyl (C=O) groups is 1. The molecule has 0 aliphatic heterocycles. The molecular formula is C14H18N4O. The molecule has 1 amide bonds. The molecule has 100 valence electrons. The molecular weight excluding hydrogens is 240 g/mol. The Balaban J connectivity index is 2.74. The van der Waals surface area contributed by atoms with Gasteiger partial charge in [0.1, 0.15) is 0 Å². The topological polar surface area (TPSA) is 83.0 Å². The highest BCUT2D eigenvalue weighted by Gasteiger charge is 2.19. The molecule has 2 N–H and O–H groups in total. The van der Waals surface area contributed by atoms with Crippen molar-refractivity contribution in [3.8, 4) is 6.07 Å². The number of nitriles is 1. The molecule has 1 atom stereocenters. The SMILES string of the molecule is C=CCC(N)C(=O)N(CCC#N)Cc1cccnc1. The van der Waals surface area contributed by atoms with Crippen molar-refractivity contribution in [2.24, 2.45) is 5.73 Å². The average Bonchev–Trinajstić information content (AvgIpc) is 2.44. The van der Waals surface area contributed by atoms with Crippen LogP contribution in [-0.2, 0) is 11.3 Å². The van der Waals surface area contributed by atoms with Gasteiger partial charge in [-0.1, -0.05) is 12.1 Å². The number of pyridine rings is 1. The van der Waals surface area contributed by atoms with E-state index in [1.165, 1.54) is 0 Å². The van der Waals surface area contributed by atoms with E-state index >= 15 is 0 Å².